The average Bonchev–Trinajstić information content (AvgIpc) is 2.53. The fourth-order valence-electron chi connectivity index (χ4n) is 1.73. The van der Waals surface area contributed by atoms with Crippen LogP contribution in [0.25, 0.3) is 0 Å². The Bertz CT molecular complexity index is 200. The Labute approximate surface area is 128 Å². The summed E-state index contributed by atoms with van der Waals surface area (Å²) in [6.45, 7) is 16.9. The molecule has 0 amide bonds. The fraction of sp³-hybridized carbons (Fsp3) is 0.824. The predicted molar refractivity (Wildman–Crippen MR) is 94.9 cm³/mol. The van der Waals surface area contributed by atoms with Crippen LogP contribution in [0.15, 0.2) is 17.0 Å². The van der Waals surface area contributed by atoms with Crippen molar-refractivity contribution in [2.24, 2.45) is 10.8 Å². The van der Waals surface area contributed by atoms with Gasteiger partial charge in [-0.05, 0) is 19.3 Å². The molecule has 3 heteroatoms. The van der Waals surface area contributed by atoms with Crippen LogP contribution in [-0.4, -0.2) is 18.3 Å². The molecule has 0 aliphatic rings. The van der Waals surface area contributed by atoms with E-state index in [4.69, 9.17) is 5.73 Å². The lowest BCUT2D eigenvalue weighted by molar-refractivity contribution is 0.348. The van der Waals surface area contributed by atoms with Gasteiger partial charge in [-0.3, -0.25) is 5.01 Å². The van der Waals surface area contributed by atoms with Gasteiger partial charge in [-0.2, -0.15) is 5.10 Å². The molecule has 0 saturated heterocycles. The number of nitrogens with two attached hydrogens (primary N) is 1. The van der Waals surface area contributed by atoms with Crippen molar-refractivity contribution in [2.75, 3.05) is 6.54 Å². The molecular weight excluding hydrogens is 246 g/mol. The Morgan fingerprint density at radius 1 is 1.00 bits per heavy atom. The normalized spacial score (nSPS) is 9.80. The first kappa shape index (κ1) is 24.1. The molecule has 0 saturated carbocycles. The molecule has 0 spiro atoms. The SMILES string of the molecule is C=NN(CCC)/C(=C\N)CCCCCCC.CC.CC. The van der Waals surface area contributed by atoms with Crippen molar-refractivity contribution in [3.8, 4) is 0 Å². The molecular formula is C17H39N3. The summed E-state index contributed by atoms with van der Waals surface area (Å²) in [6, 6.07) is 0. The smallest absolute Gasteiger partial charge is 0.0522 e. The van der Waals surface area contributed by atoms with E-state index in [-0.39, 0.29) is 0 Å². The van der Waals surface area contributed by atoms with Crippen LogP contribution < -0.4 is 5.73 Å². The van der Waals surface area contributed by atoms with Crippen LogP contribution in [0.2, 0.25) is 0 Å². The van der Waals surface area contributed by atoms with Gasteiger partial charge in [0.25, 0.3) is 0 Å². The summed E-state index contributed by atoms with van der Waals surface area (Å²) in [4.78, 5) is 0. The lowest BCUT2D eigenvalue weighted by Gasteiger charge is -2.20. The number of nitrogens with zero attached hydrogens (tertiary/aromatic N) is 2. The Balaban J connectivity index is -0.000000656. The summed E-state index contributed by atoms with van der Waals surface area (Å²) in [5.74, 6) is 0. The summed E-state index contributed by atoms with van der Waals surface area (Å²) in [7, 11) is 0. The van der Waals surface area contributed by atoms with Crippen molar-refractivity contribution < 1.29 is 0 Å². The Morgan fingerprint density at radius 2 is 1.55 bits per heavy atom. The van der Waals surface area contributed by atoms with Gasteiger partial charge >= 0.3 is 0 Å². The maximum atomic E-state index is 5.63. The van der Waals surface area contributed by atoms with Crippen molar-refractivity contribution in [2.45, 2.75) is 86.5 Å². The van der Waals surface area contributed by atoms with Gasteiger partial charge in [0, 0.05) is 19.5 Å². The average molecular weight is 286 g/mol. The van der Waals surface area contributed by atoms with Crippen LogP contribution in [0.3, 0.4) is 0 Å². The number of rotatable bonds is 10. The van der Waals surface area contributed by atoms with E-state index < -0.39 is 0 Å². The molecule has 0 bridgehead atoms. The van der Waals surface area contributed by atoms with Gasteiger partial charge in [0.1, 0.15) is 0 Å². The molecule has 0 heterocycles. The van der Waals surface area contributed by atoms with E-state index in [0.29, 0.717) is 0 Å². The Kier molecular flexibility index (Phi) is 27.8. The number of hydrogen-bond acceptors (Lipinski definition) is 3. The molecule has 0 fully saturated rings. The number of unbranched alkanes of at least 4 members (excludes halogenated alkanes) is 4. The van der Waals surface area contributed by atoms with Gasteiger partial charge in [-0.1, -0.05) is 67.2 Å². The van der Waals surface area contributed by atoms with E-state index in [1.54, 1.807) is 6.20 Å². The van der Waals surface area contributed by atoms with Gasteiger partial charge in [0.15, 0.2) is 0 Å². The highest BCUT2D eigenvalue weighted by Gasteiger charge is 2.05. The second kappa shape index (κ2) is 23.1. The van der Waals surface area contributed by atoms with E-state index >= 15 is 0 Å². The number of hydrogen-bond donors (Lipinski definition) is 1. The summed E-state index contributed by atoms with van der Waals surface area (Å²) in [6.07, 6.45) is 10.2. The van der Waals surface area contributed by atoms with E-state index in [1.807, 2.05) is 32.7 Å². The number of allylic oxidation sites excluding steroid dienone is 1. The lowest BCUT2D eigenvalue weighted by atomic mass is 10.1. The molecule has 122 valence electrons. The summed E-state index contributed by atoms with van der Waals surface area (Å²) < 4.78 is 0. The minimum absolute atomic E-state index is 0.904. The minimum atomic E-state index is 0.904. The zero-order valence-corrected chi connectivity index (χ0v) is 14.9. The molecule has 0 radical (unpaired) electrons. The monoisotopic (exact) mass is 285 g/mol. The van der Waals surface area contributed by atoms with Crippen LogP contribution in [0, 0.1) is 0 Å². The molecule has 0 unspecified atom stereocenters. The van der Waals surface area contributed by atoms with Crippen molar-refractivity contribution >= 4 is 6.72 Å². The zero-order chi connectivity index (χ0) is 16.2. The topological polar surface area (TPSA) is 41.6 Å². The third kappa shape index (κ3) is 15.1. The standard InChI is InChI=1S/C13H27N3.2C2H6/c1-4-6-7-8-9-10-13(12-14)16(15-3)11-5-2;2*1-2/h12H,3-11,14H2,1-2H3;2*1-2H3/b13-12-;;. The molecule has 20 heavy (non-hydrogen) atoms. The second-order valence-corrected chi connectivity index (χ2v) is 4.09. The van der Waals surface area contributed by atoms with Crippen LogP contribution in [0.5, 0.6) is 0 Å². The summed E-state index contributed by atoms with van der Waals surface area (Å²) in [5.41, 5.74) is 6.73. The third-order valence-corrected chi connectivity index (χ3v) is 2.67. The molecule has 0 rings (SSSR count). The molecule has 0 aliphatic carbocycles. The maximum Gasteiger partial charge on any atom is 0.0522 e. The third-order valence-electron chi connectivity index (χ3n) is 2.67. The lowest BCUT2D eigenvalue weighted by Crippen LogP contribution is -2.18. The molecule has 0 atom stereocenters. The number of hydrazone groups is 1. The zero-order valence-electron chi connectivity index (χ0n) is 14.9. The van der Waals surface area contributed by atoms with Gasteiger partial charge < -0.3 is 5.73 Å². The molecule has 2 N–H and O–H groups in total. The van der Waals surface area contributed by atoms with E-state index in [0.717, 1.165) is 25.1 Å². The highest BCUT2D eigenvalue weighted by molar-refractivity contribution is 5.23. The first-order chi connectivity index (χ1) is 9.79. The van der Waals surface area contributed by atoms with Crippen LogP contribution in [-0.2, 0) is 0 Å². The highest BCUT2D eigenvalue weighted by atomic mass is 15.4. The summed E-state index contributed by atoms with van der Waals surface area (Å²) >= 11 is 0. The first-order valence-electron chi connectivity index (χ1n) is 8.45. The first-order valence-corrected chi connectivity index (χ1v) is 8.45. The van der Waals surface area contributed by atoms with Crippen LogP contribution >= 0.6 is 0 Å². The quantitative estimate of drug-likeness (QED) is 0.326. The van der Waals surface area contributed by atoms with E-state index in [9.17, 15) is 0 Å². The molecule has 0 aromatic rings. The van der Waals surface area contributed by atoms with Gasteiger partial charge in [0.2, 0.25) is 0 Å². The Morgan fingerprint density at radius 3 is 1.95 bits per heavy atom. The van der Waals surface area contributed by atoms with Crippen molar-refractivity contribution in [1.82, 2.24) is 5.01 Å². The van der Waals surface area contributed by atoms with Crippen LogP contribution in [0.4, 0.5) is 0 Å². The fourth-order valence-corrected chi connectivity index (χ4v) is 1.73. The maximum absolute atomic E-state index is 5.63. The van der Waals surface area contributed by atoms with Gasteiger partial charge in [-0.25, -0.2) is 0 Å². The van der Waals surface area contributed by atoms with Crippen LogP contribution in [0.1, 0.15) is 86.5 Å². The highest BCUT2D eigenvalue weighted by Crippen LogP contribution is 2.14. The van der Waals surface area contributed by atoms with Crippen molar-refractivity contribution in [3.63, 3.8) is 0 Å². The van der Waals surface area contributed by atoms with Crippen molar-refractivity contribution in [3.05, 3.63) is 11.9 Å². The molecule has 0 aromatic heterocycles. The molecule has 0 aromatic carbocycles. The summed E-state index contributed by atoms with van der Waals surface area (Å²) in [5, 5.41) is 5.92. The van der Waals surface area contributed by atoms with E-state index in [1.165, 1.54) is 32.1 Å². The minimum Gasteiger partial charge on any atom is -0.403 e. The van der Waals surface area contributed by atoms with Gasteiger partial charge in [-0.15, -0.1) is 0 Å². The predicted octanol–water partition coefficient (Wildman–Crippen LogP) is 5.53. The van der Waals surface area contributed by atoms with E-state index in [2.05, 4.69) is 25.7 Å². The van der Waals surface area contributed by atoms with Crippen molar-refractivity contribution in [1.29, 1.82) is 0 Å². The Hall–Kier alpha value is -0.990. The second-order valence-electron chi connectivity index (χ2n) is 4.09. The largest absolute Gasteiger partial charge is 0.403 e. The molecule has 0 aliphatic heterocycles. The molecule has 3 nitrogen and oxygen atoms in total. The van der Waals surface area contributed by atoms with Gasteiger partial charge in [0.05, 0.1) is 5.70 Å².